The molecule has 0 aliphatic heterocycles. The summed E-state index contributed by atoms with van der Waals surface area (Å²) in [5.41, 5.74) is 5.70. The lowest BCUT2D eigenvalue weighted by Gasteiger charge is -2.15. The molecule has 0 radical (unpaired) electrons. The average molecular weight is 290 g/mol. The molecular formula is C11H13Cl2N3O2. The molecule has 0 bridgehead atoms. The smallest absolute Gasteiger partial charge is 0.243 e. The van der Waals surface area contributed by atoms with Gasteiger partial charge in [-0.05, 0) is 18.2 Å². The van der Waals surface area contributed by atoms with Gasteiger partial charge in [-0.3, -0.25) is 9.59 Å². The normalized spacial score (nSPS) is 10.0. The van der Waals surface area contributed by atoms with Crippen LogP contribution in [-0.2, 0) is 9.59 Å². The third-order valence-corrected chi connectivity index (χ3v) is 2.92. The Morgan fingerprint density at radius 2 is 2.00 bits per heavy atom. The van der Waals surface area contributed by atoms with Crippen molar-refractivity contribution in [3.63, 3.8) is 0 Å². The first kappa shape index (κ1) is 14.8. The van der Waals surface area contributed by atoms with Crippen molar-refractivity contribution in [1.29, 1.82) is 0 Å². The zero-order valence-electron chi connectivity index (χ0n) is 9.74. The monoisotopic (exact) mass is 289 g/mol. The highest BCUT2D eigenvalue weighted by Crippen LogP contribution is 2.24. The Hall–Kier alpha value is -1.30. The maximum absolute atomic E-state index is 11.6. The van der Waals surface area contributed by atoms with Crippen LogP contribution in [0.25, 0.3) is 0 Å². The van der Waals surface area contributed by atoms with Crippen LogP contribution in [0.3, 0.4) is 0 Å². The highest BCUT2D eigenvalue weighted by atomic mass is 35.5. The van der Waals surface area contributed by atoms with Crippen LogP contribution in [0.4, 0.5) is 5.69 Å². The van der Waals surface area contributed by atoms with Gasteiger partial charge in [-0.2, -0.15) is 0 Å². The molecule has 7 heteroatoms. The summed E-state index contributed by atoms with van der Waals surface area (Å²) in [6, 6.07) is 4.73. The number of benzene rings is 1. The zero-order chi connectivity index (χ0) is 13.7. The molecule has 0 saturated carbocycles. The first-order chi connectivity index (χ1) is 8.43. The maximum atomic E-state index is 11.6. The molecule has 2 amide bonds. The molecule has 0 fully saturated rings. The Kier molecular flexibility index (Phi) is 5.40. The second kappa shape index (κ2) is 6.58. The van der Waals surface area contributed by atoms with E-state index in [2.05, 4.69) is 5.32 Å². The van der Waals surface area contributed by atoms with Gasteiger partial charge in [-0.15, -0.1) is 0 Å². The largest absolute Gasteiger partial charge is 0.335 e. The molecule has 0 atom stereocenters. The van der Waals surface area contributed by atoms with Crippen LogP contribution in [0.5, 0.6) is 0 Å². The second-order valence-electron chi connectivity index (χ2n) is 3.63. The lowest BCUT2D eigenvalue weighted by atomic mass is 10.3. The topological polar surface area (TPSA) is 75.4 Å². The van der Waals surface area contributed by atoms with E-state index >= 15 is 0 Å². The molecule has 0 unspecified atom stereocenters. The minimum Gasteiger partial charge on any atom is -0.335 e. The number of halogens is 2. The van der Waals surface area contributed by atoms with Crippen molar-refractivity contribution in [3.8, 4) is 0 Å². The molecule has 0 aliphatic carbocycles. The van der Waals surface area contributed by atoms with Crippen molar-refractivity contribution in [1.82, 2.24) is 4.90 Å². The van der Waals surface area contributed by atoms with Crippen molar-refractivity contribution < 1.29 is 9.59 Å². The fourth-order valence-electron chi connectivity index (χ4n) is 1.23. The predicted octanol–water partition coefficient (Wildman–Crippen LogP) is 1.35. The fraction of sp³-hybridized carbons (Fsp3) is 0.273. The first-order valence-electron chi connectivity index (χ1n) is 5.13. The van der Waals surface area contributed by atoms with E-state index in [1.165, 1.54) is 18.0 Å². The first-order valence-corrected chi connectivity index (χ1v) is 5.88. The Morgan fingerprint density at radius 1 is 1.33 bits per heavy atom. The fourth-order valence-corrected chi connectivity index (χ4v) is 1.53. The molecule has 0 heterocycles. The molecule has 0 aromatic heterocycles. The number of carbonyl (C=O) groups excluding carboxylic acids is 2. The van der Waals surface area contributed by atoms with Gasteiger partial charge in [0.1, 0.15) is 0 Å². The van der Waals surface area contributed by atoms with Crippen molar-refractivity contribution >= 4 is 40.7 Å². The summed E-state index contributed by atoms with van der Waals surface area (Å²) >= 11 is 11.6. The van der Waals surface area contributed by atoms with E-state index < -0.39 is 0 Å². The summed E-state index contributed by atoms with van der Waals surface area (Å²) in [4.78, 5) is 24.0. The molecule has 3 N–H and O–H groups in total. The molecule has 1 aromatic rings. The van der Waals surface area contributed by atoms with Gasteiger partial charge in [0.25, 0.3) is 0 Å². The van der Waals surface area contributed by atoms with E-state index in [1.807, 2.05) is 0 Å². The van der Waals surface area contributed by atoms with E-state index in [0.29, 0.717) is 15.7 Å². The average Bonchev–Trinajstić information content (AvgIpc) is 2.32. The summed E-state index contributed by atoms with van der Waals surface area (Å²) in [6.45, 7) is -0.202. The van der Waals surface area contributed by atoms with Crippen molar-refractivity contribution in [2.75, 3.05) is 25.5 Å². The van der Waals surface area contributed by atoms with Crippen LogP contribution in [0.15, 0.2) is 18.2 Å². The number of rotatable bonds is 4. The van der Waals surface area contributed by atoms with Gasteiger partial charge >= 0.3 is 0 Å². The quantitative estimate of drug-likeness (QED) is 0.879. The van der Waals surface area contributed by atoms with E-state index in [1.54, 1.807) is 12.1 Å². The standard InChI is InChI=1S/C11H13Cl2N3O2/c1-16(11(18)5-14)6-10(17)15-7-2-3-8(12)9(13)4-7/h2-4H,5-6,14H2,1H3,(H,15,17). The Labute approximate surface area is 115 Å². The number of hydrogen-bond acceptors (Lipinski definition) is 3. The van der Waals surface area contributed by atoms with Crippen molar-refractivity contribution in [2.45, 2.75) is 0 Å². The van der Waals surface area contributed by atoms with E-state index in [4.69, 9.17) is 28.9 Å². The SMILES string of the molecule is CN(CC(=O)Nc1ccc(Cl)c(Cl)c1)C(=O)CN. The van der Waals surface area contributed by atoms with E-state index in [9.17, 15) is 9.59 Å². The Balaban J connectivity index is 2.59. The molecule has 1 aromatic carbocycles. The lowest BCUT2D eigenvalue weighted by molar-refractivity contribution is -0.132. The Morgan fingerprint density at radius 3 is 2.56 bits per heavy atom. The van der Waals surface area contributed by atoms with Gasteiger partial charge in [-0.25, -0.2) is 0 Å². The van der Waals surface area contributed by atoms with Crippen molar-refractivity contribution in [2.24, 2.45) is 5.73 Å². The highest BCUT2D eigenvalue weighted by Gasteiger charge is 2.11. The van der Waals surface area contributed by atoms with Crippen LogP contribution in [-0.4, -0.2) is 36.9 Å². The maximum Gasteiger partial charge on any atom is 0.243 e. The number of amides is 2. The third kappa shape index (κ3) is 4.18. The molecule has 5 nitrogen and oxygen atoms in total. The Bertz CT molecular complexity index is 466. The molecule has 98 valence electrons. The van der Waals surface area contributed by atoms with Gasteiger partial charge in [0.2, 0.25) is 11.8 Å². The van der Waals surface area contributed by atoms with Crippen LogP contribution in [0.2, 0.25) is 10.0 Å². The number of nitrogens with zero attached hydrogens (tertiary/aromatic N) is 1. The number of anilines is 1. The molecule has 18 heavy (non-hydrogen) atoms. The minimum atomic E-state index is -0.335. The minimum absolute atomic E-state index is 0.0731. The summed E-state index contributed by atoms with van der Waals surface area (Å²) in [5.74, 6) is -0.642. The molecule has 0 spiro atoms. The summed E-state index contributed by atoms with van der Waals surface area (Å²) < 4.78 is 0. The number of nitrogens with two attached hydrogens (primary N) is 1. The highest BCUT2D eigenvalue weighted by molar-refractivity contribution is 6.42. The summed E-state index contributed by atoms with van der Waals surface area (Å²) in [7, 11) is 1.50. The van der Waals surface area contributed by atoms with Crippen LogP contribution in [0, 0.1) is 0 Å². The van der Waals surface area contributed by atoms with Gasteiger partial charge in [0.05, 0.1) is 23.1 Å². The van der Waals surface area contributed by atoms with Crippen LogP contribution >= 0.6 is 23.2 Å². The molecular weight excluding hydrogens is 277 g/mol. The van der Waals surface area contributed by atoms with Crippen LogP contribution in [0.1, 0.15) is 0 Å². The van der Waals surface area contributed by atoms with Gasteiger partial charge in [0, 0.05) is 12.7 Å². The van der Waals surface area contributed by atoms with Gasteiger partial charge in [0.15, 0.2) is 0 Å². The lowest BCUT2D eigenvalue weighted by Crippen LogP contribution is -2.38. The predicted molar refractivity (Wildman–Crippen MR) is 71.8 cm³/mol. The number of carbonyl (C=O) groups is 2. The van der Waals surface area contributed by atoms with Crippen LogP contribution < -0.4 is 11.1 Å². The number of likely N-dealkylation sites (N-methyl/N-ethyl adjacent to an activating group) is 1. The summed E-state index contributed by atoms with van der Waals surface area (Å²) in [5, 5.41) is 3.36. The molecule has 0 saturated heterocycles. The van der Waals surface area contributed by atoms with E-state index in [-0.39, 0.29) is 24.9 Å². The summed E-state index contributed by atoms with van der Waals surface area (Å²) in [6.07, 6.45) is 0. The molecule has 0 aliphatic rings. The van der Waals surface area contributed by atoms with Crippen molar-refractivity contribution in [3.05, 3.63) is 28.2 Å². The second-order valence-corrected chi connectivity index (χ2v) is 4.45. The molecule has 1 rings (SSSR count). The van der Waals surface area contributed by atoms with Gasteiger partial charge in [-0.1, -0.05) is 23.2 Å². The zero-order valence-corrected chi connectivity index (χ0v) is 11.3. The third-order valence-electron chi connectivity index (χ3n) is 2.18. The number of nitrogens with one attached hydrogen (secondary N) is 1. The van der Waals surface area contributed by atoms with Gasteiger partial charge < -0.3 is 16.0 Å². The number of hydrogen-bond donors (Lipinski definition) is 2. The van der Waals surface area contributed by atoms with E-state index in [0.717, 1.165) is 0 Å².